The van der Waals surface area contributed by atoms with Gasteiger partial charge in [0.2, 0.25) is 0 Å². The Kier molecular flexibility index (Phi) is 5.00. The van der Waals surface area contributed by atoms with Crippen LogP contribution in [-0.2, 0) is 6.54 Å². The Morgan fingerprint density at radius 1 is 1.39 bits per heavy atom. The summed E-state index contributed by atoms with van der Waals surface area (Å²) in [4.78, 5) is 5.77. The number of hydrogen-bond acceptors (Lipinski definition) is 2. The van der Waals surface area contributed by atoms with Crippen LogP contribution in [0.3, 0.4) is 0 Å². The van der Waals surface area contributed by atoms with E-state index in [1.54, 1.807) is 11.3 Å². The van der Waals surface area contributed by atoms with Gasteiger partial charge in [-0.1, -0.05) is 39.2 Å². The third-order valence-corrected chi connectivity index (χ3v) is 4.32. The predicted octanol–water partition coefficient (Wildman–Crippen LogP) is 4.83. The molecule has 2 aromatic heterocycles. The van der Waals surface area contributed by atoms with Gasteiger partial charge >= 0.3 is 0 Å². The van der Waals surface area contributed by atoms with E-state index in [4.69, 9.17) is 0 Å². The minimum atomic E-state index is 0.776. The van der Waals surface area contributed by atoms with Gasteiger partial charge in [0.1, 0.15) is 5.82 Å². The second kappa shape index (κ2) is 6.74. The van der Waals surface area contributed by atoms with Crippen LogP contribution in [0.5, 0.6) is 0 Å². The largest absolute Gasteiger partial charge is 0.330 e. The molecule has 0 aliphatic carbocycles. The molecule has 0 fully saturated rings. The van der Waals surface area contributed by atoms with Crippen molar-refractivity contribution in [2.45, 2.75) is 46.1 Å². The van der Waals surface area contributed by atoms with E-state index in [0.29, 0.717) is 0 Å². The molecule has 0 aliphatic rings. The molecule has 3 heteroatoms. The Labute approximate surface area is 114 Å². The normalized spacial score (nSPS) is 12.8. The first-order valence-electron chi connectivity index (χ1n) is 6.90. The summed E-state index contributed by atoms with van der Waals surface area (Å²) < 4.78 is 2.32. The van der Waals surface area contributed by atoms with Gasteiger partial charge in [0.25, 0.3) is 0 Å². The molecule has 18 heavy (non-hydrogen) atoms. The lowest BCUT2D eigenvalue weighted by molar-refractivity contribution is 0.392. The molecule has 0 aromatic carbocycles. The highest BCUT2D eigenvalue weighted by Crippen LogP contribution is 2.25. The van der Waals surface area contributed by atoms with Crippen molar-refractivity contribution >= 4 is 11.3 Å². The van der Waals surface area contributed by atoms with Gasteiger partial charge in [-0.3, -0.25) is 0 Å². The first-order chi connectivity index (χ1) is 8.85. The third-order valence-electron chi connectivity index (χ3n) is 3.46. The van der Waals surface area contributed by atoms with Crippen molar-refractivity contribution < 1.29 is 0 Å². The lowest BCUT2D eigenvalue weighted by Gasteiger charge is -2.16. The summed E-state index contributed by atoms with van der Waals surface area (Å²) in [7, 11) is 0. The smallest absolute Gasteiger partial charge is 0.149 e. The summed E-state index contributed by atoms with van der Waals surface area (Å²) in [5.74, 6) is 1.90. The maximum atomic E-state index is 4.50. The number of imidazole rings is 1. The Morgan fingerprint density at radius 3 is 2.94 bits per heavy atom. The van der Waals surface area contributed by atoms with Crippen LogP contribution in [0.15, 0.2) is 29.9 Å². The SMILES string of the molecule is CCCCC(CC)Cn1ccnc1-c1cccs1. The van der Waals surface area contributed by atoms with E-state index in [0.717, 1.165) is 18.3 Å². The van der Waals surface area contributed by atoms with Crippen LogP contribution in [0.4, 0.5) is 0 Å². The standard InChI is InChI=1S/C15H22N2S/c1-3-5-7-13(4-2)12-17-10-9-16-15(17)14-8-6-11-18-14/h6,8-11,13H,3-5,7,12H2,1-2H3. The van der Waals surface area contributed by atoms with Crippen LogP contribution < -0.4 is 0 Å². The Bertz CT molecular complexity index is 445. The van der Waals surface area contributed by atoms with Gasteiger partial charge in [-0.2, -0.15) is 0 Å². The lowest BCUT2D eigenvalue weighted by Crippen LogP contribution is -2.10. The molecule has 0 N–H and O–H groups in total. The van der Waals surface area contributed by atoms with Gasteiger partial charge in [-0.15, -0.1) is 11.3 Å². The lowest BCUT2D eigenvalue weighted by atomic mass is 9.99. The van der Waals surface area contributed by atoms with Crippen LogP contribution in [0.2, 0.25) is 0 Å². The molecule has 1 unspecified atom stereocenters. The molecular weight excluding hydrogens is 240 g/mol. The van der Waals surface area contributed by atoms with E-state index >= 15 is 0 Å². The molecule has 2 heterocycles. The van der Waals surface area contributed by atoms with Crippen molar-refractivity contribution in [1.29, 1.82) is 0 Å². The average Bonchev–Trinajstić information content (AvgIpc) is 3.04. The van der Waals surface area contributed by atoms with E-state index in [2.05, 4.69) is 47.1 Å². The van der Waals surface area contributed by atoms with Crippen LogP contribution in [0.1, 0.15) is 39.5 Å². The van der Waals surface area contributed by atoms with Crippen LogP contribution in [0.25, 0.3) is 10.7 Å². The van der Waals surface area contributed by atoms with Crippen molar-refractivity contribution in [3.05, 3.63) is 29.9 Å². The van der Waals surface area contributed by atoms with Gasteiger partial charge in [0.15, 0.2) is 0 Å². The molecule has 0 aliphatic heterocycles. The van der Waals surface area contributed by atoms with Crippen LogP contribution in [0, 0.1) is 5.92 Å². The minimum absolute atomic E-state index is 0.776. The first kappa shape index (κ1) is 13.3. The molecule has 2 rings (SSSR count). The van der Waals surface area contributed by atoms with Crippen molar-refractivity contribution in [3.63, 3.8) is 0 Å². The Morgan fingerprint density at radius 2 is 2.28 bits per heavy atom. The van der Waals surface area contributed by atoms with Crippen LogP contribution in [-0.4, -0.2) is 9.55 Å². The van der Waals surface area contributed by atoms with E-state index in [-0.39, 0.29) is 0 Å². The van der Waals surface area contributed by atoms with Gasteiger partial charge in [0.05, 0.1) is 4.88 Å². The number of hydrogen-bond donors (Lipinski definition) is 0. The minimum Gasteiger partial charge on any atom is -0.330 e. The molecule has 0 spiro atoms. The summed E-state index contributed by atoms with van der Waals surface area (Å²) in [6.07, 6.45) is 9.24. The van der Waals surface area contributed by atoms with Gasteiger partial charge in [-0.05, 0) is 23.8 Å². The van der Waals surface area contributed by atoms with Gasteiger partial charge in [-0.25, -0.2) is 4.98 Å². The Balaban J connectivity index is 2.07. The number of aromatic nitrogens is 2. The zero-order valence-electron chi connectivity index (χ0n) is 11.3. The highest BCUT2D eigenvalue weighted by molar-refractivity contribution is 7.13. The fourth-order valence-electron chi connectivity index (χ4n) is 2.28. The first-order valence-corrected chi connectivity index (χ1v) is 7.78. The molecule has 1 atom stereocenters. The molecule has 0 bridgehead atoms. The number of nitrogens with zero attached hydrogens (tertiary/aromatic N) is 2. The number of unbranched alkanes of at least 4 members (excludes halogenated alkanes) is 1. The summed E-state index contributed by atoms with van der Waals surface area (Å²) in [6.45, 7) is 5.66. The van der Waals surface area contributed by atoms with Crippen molar-refractivity contribution in [3.8, 4) is 10.7 Å². The highest BCUT2D eigenvalue weighted by atomic mass is 32.1. The quantitative estimate of drug-likeness (QED) is 0.699. The molecule has 98 valence electrons. The summed E-state index contributed by atoms with van der Waals surface area (Å²) >= 11 is 1.76. The highest BCUT2D eigenvalue weighted by Gasteiger charge is 2.11. The van der Waals surface area contributed by atoms with Crippen molar-refractivity contribution in [2.24, 2.45) is 5.92 Å². The predicted molar refractivity (Wildman–Crippen MR) is 78.8 cm³/mol. The second-order valence-corrected chi connectivity index (χ2v) is 5.74. The Hall–Kier alpha value is -1.09. The van der Waals surface area contributed by atoms with E-state index in [1.807, 2.05) is 6.20 Å². The van der Waals surface area contributed by atoms with Crippen molar-refractivity contribution in [1.82, 2.24) is 9.55 Å². The van der Waals surface area contributed by atoms with Crippen LogP contribution >= 0.6 is 11.3 Å². The molecule has 0 amide bonds. The maximum absolute atomic E-state index is 4.50. The van der Waals surface area contributed by atoms with Gasteiger partial charge < -0.3 is 4.57 Å². The monoisotopic (exact) mass is 262 g/mol. The average molecular weight is 262 g/mol. The van der Waals surface area contributed by atoms with E-state index in [1.165, 1.54) is 30.6 Å². The second-order valence-electron chi connectivity index (χ2n) is 4.80. The number of thiophene rings is 1. The van der Waals surface area contributed by atoms with E-state index in [9.17, 15) is 0 Å². The van der Waals surface area contributed by atoms with Crippen molar-refractivity contribution in [2.75, 3.05) is 0 Å². The zero-order valence-corrected chi connectivity index (χ0v) is 12.1. The fourth-order valence-corrected chi connectivity index (χ4v) is 3.02. The topological polar surface area (TPSA) is 17.8 Å². The molecular formula is C15H22N2S. The number of rotatable bonds is 7. The summed E-state index contributed by atoms with van der Waals surface area (Å²) in [5.41, 5.74) is 0. The molecule has 2 nitrogen and oxygen atoms in total. The molecule has 0 radical (unpaired) electrons. The van der Waals surface area contributed by atoms with Gasteiger partial charge in [0, 0.05) is 18.9 Å². The molecule has 0 saturated heterocycles. The summed E-state index contributed by atoms with van der Waals surface area (Å²) in [6, 6.07) is 4.24. The maximum Gasteiger partial charge on any atom is 0.149 e. The molecule has 2 aromatic rings. The fraction of sp³-hybridized carbons (Fsp3) is 0.533. The summed E-state index contributed by atoms with van der Waals surface area (Å²) in [5, 5.41) is 2.11. The zero-order chi connectivity index (χ0) is 12.8. The molecule has 0 saturated carbocycles. The third kappa shape index (κ3) is 3.22. The van der Waals surface area contributed by atoms with E-state index < -0.39 is 0 Å².